The summed E-state index contributed by atoms with van der Waals surface area (Å²) in [6.45, 7) is 4.50. The molecule has 5 aromatic rings. The Kier molecular flexibility index (Phi) is 7.46. The van der Waals surface area contributed by atoms with Gasteiger partial charge in [0, 0.05) is 16.8 Å². The van der Waals surface area contributed by atoms with E-state index in [9.17, 15) is 4.79 Å². The molecule has 0 unspecified atom stereocenters. The van der Waals surface area contributed by atoms with Gasteiger partial charge in [-0.2, -0.15) is 5.10 Å². The fraction of sp³-hybridized carbons (Fsp3) is 0.0909. The number of hydrogen-bond donors (Lipinski definition) is 1. The third-order valence-electron chi connectivity index (χ3n) is 6.31. The standard InChI is InChI=1S/C33H29N3O2/c1-3-38-29-20-18-28(19-21-29)36-31(25-13-6-4-7-14-25)22-27(32(36)26-15-8-5-9-16-26)23-34-35-33(37)30-17-11-10-12-24(30)2/h4-23H,3H2,1-2H3,(H,35,37)/b34-23-. The molecule has 0 aliphatic carbocycles. The van der Waals surface area contributed by atoms with E-state index in [0.717, 1.165) is 45.1 Å². The molecular formula is C33H29N3O2. The summed E-state index contributed by atoms with van der Waals surface area (Å²) in [4.78, 5) is 12.8. The van der Waals surface area contributed by atoms with Crippen molar-refractivity contribution in [3.63, 3.8) is 0 Å². The molecule has 188 valence electrons. The van der Waals surface area contributed by atoms with Crippen molar-refractivity contribution < 1.29 is 9.53 Å². The van der Waals surface area contributed by atoms with Gasteiger partial charge in [0.15, 0.2) is 0 Å². The molecule has 1 heterocycles. The van der Waals surface area contributed by atoms with Gasteiger partial charge in [-0.05, 0) is 66.9 Å². The predicted molar refractivity (Wildman–Crippen MR) is 154 cm³/mol. The number of hydrogen-bond acceptors (Lipinski definition) is 3. The minimum Gasteiger partial charge on any atom is -0.494 e. The van der Waals surface area contributed by atoms with Crippen LogP contribution in [0.25, 0.3) is 28.2 Å². The second kappa shape index (κ2) is 11.4. The molecule has 5 heteroatoms. The van der Waals surface area contributed by atoms with Gasteiger partial charge in [-0.1, -0.05) is 78.9 Å². The monoisotopic (exact) mass is 499 g/mol. The van der Waals surface area contributed by atoms with E-state index < -0.39 is 0 Å². The lowest BCUT2D eigenvalue weighted by atomic mass is 10.1. The van der Waals surface area contributed by atoms with Crippen molar-refractivity contribution in [2.75, 3.05) is 6.61 Å². The number of aryl methyl sites for hydroxylation is 1. The van der Waals surface area contributed by atoms with Crippen molar-refractivity contribution in [2.45, 2.75) is 13.8 Å². The van der Waals surface area contributed by atoms with Gasteiger partial charge in [0.2, 0.25) is 0 Å². The number of benzene rings is 4. The Bertz CT molecular complexity index is 1550. The minimum atomic E-state index is -0.241. The van der Waals surface area contributed by atoms with Gasteiger partial charge in [-0.25, -0.2) is 5.43 Å². The van der Waals surface area contributed by atoms with Crippen LogP contribution < -0.4 is 10.2 Å². The number of nitrogens with zero attached hydrogens (tertiary/aromatic N) is 2. The summed E-state index contributed by atoms with van der Waals surface area (Å²) < 4.78 is 7.91. The lowest BCUT2D eigenvalue weighted by molar-refractivity contribution is 0.0954. The molecule has 0 bridgehead atoms. The van der Waals surface area contributed by atoms with Crippen LogP contribution >= 0.6 is 0 Å². The first kappa shape index (κ1) is 24.8. The molecule has 1 N–H and O–H groups in total. The first-order chi connectivity index (χ1) is 18.7. The largest absolute Gasteiger partial charge is 0.494 e. The number of nitrogens with one attached hydrogen (secondary N) is 1. The number of amides is 1. The van der Waals surface area contributed by atoms with Gasteiger partial charge in [-0.3, -0.25) is 4.79 Å². The van der Waals surface area contributed by atoms with Gasteiger partial charge in [-0.15, -0.1) is 0 Å². The van der Waals surface area contributed by atoms with E-state index in [1.807, 2.05) is 80.6 Å². The lowest BCUT2D eigenvalue weighted by Gasteiger charge is -2.15. The van der Waals surface area contributed by atoms with Crippen LogP contribution in [-0.4, -0.2) is 23.3 Å². The molecule has 0 fully saturated rings. The van der Waals surface area contributed by atoms with E-state index >= 15 is 0 Å². The molecule has 1 aromatic heterocycles. The Morgan fingerprint density at radius 3 is 2.13 bits per heavy atom. The third-order valence-corrected chi connectivity index (χ3v) is 6.31. The van der Waals surface area contributed by atoms with Crippen LogP contribution in [0.5, 0.6) is 5.75 Å². The van der Waals surface area contributed by atoms with Crippen LogP contribution in [0.1, 0.15) is 28.4 Å². The fourth-order valence-electron chi connectivity index (χ4n) is 4.52. The maximum Gasteiger partial charge on any atom is 0.271 e. The quantitative estimate of drug-likeness (QED) is 0.180. The second-order valence-corrected chi connectivity index (χ2v) is 8.84. The van der Waals surface area contributed by atoms with Crippen LogP contribution in [0.4, 0.5) is 0 Å². The lowest BCUT2D eigenvalue weighted by Crippen LogP contribution is -2.18. The number of hydrazone groups is 1. The highest BCUT2D eigenvalue weighted by Crippen LogP contribution is 2.35. The van der Waals surface area contributed by atoms with Crippen LogP contribution in [-0.2, 0) is 0 Å². The Balaban J connectivity index is 1.63. The maximum absolute atomic E-state index is 12.8. The van der Waals surface area contributed by atoms with E-state index in [-0.39, 0.29) is 5.91 Å². The number of ether oxygens (including phenoxy) is 1. The molecule has 0 radical (unpaired) electrons. The molecule has 5 rings (SSSR count). The maximum atomic E-state index is 12.8. The molecule has 0 aliphatic heterocycles. The Morgan fingerprint density at radius 1 is 0.842 bits per heavy atom. The van der Waals surface area contributed by atoms with Gasteiger partial charge >= 0.3 is 0 Å². The molecule has 38 heavy (non-hydrogen) atoms. The SMILES string of the molecule is CCOc1ccc(-n2c(-c3ccccc3)cc(/C=N\NC(=O)c3ccccc3C)c2-c2ccccc2)cc1. The molecule has 0 saturated heterocycles. The van der Waals surface area contributed by atoms with Crippen molar-refractivity contribution in [2.24, 2.45) is 5.10 Å². The first-order valence-corrected chi connectivity index (χ1v) is 12.6. The summed E-state index contributed by atoms with van der Waals surface area (Å²) in [7, 11) is 0. The Hall–Kier alpha value is -4.90. The third kappa shape index (κ3) is 5.27. The van der Waals surface area contributed by atoms with E-state index in [4.69, 9.17) is 4.74 Å². The van der Waals surface area contributed by atoms with E-state index in [1.54, 1.807) is 12.3 Å². The highest BCUT2D eigenvalue weighted by atomic mass is 16.5. The van der Waals surface area contributed by atoms with Gasteiger partial charge in [0.05, 0.1) is 24.2 Å². The zero-order chi connectivity index (χ0) is 26.3. The van der Waals surface area contributed by atoms with Crippen molar-refractivity contribution in [1.29, 1.82) is 0 Å². The van der Waals surface area contributed by atoms with Crippen LogP contribution in [0.3, 0.4) is 0 Å². The fourth-order valence-corrected chi connectivity index (χ4v) is 4.52. The predicted octanol–water partition coefficient (Wildman–Crippen LogP) is 7.28. The summed E-state index contributed by atoms with van der Waals surface area (Å²) in [6, 6.07) is 38.1. The van der Waals surface area contributed by atoms with Gasteiger partial charge < -0.3 is 9.30 Å². The summed E-state index contributed by atoms with van der Waals surface area (Å²) in [5, 5.41) is 4.37. The number of carbonyl (C=O) groups is 1. The Morgan fingerprint density at radius 2 is 1.47 bits per heavy atom. The highest BCUT2D eigenvalue weighted by molar-refractivity contribution is 5.97. The van der Waals surface area contributed by atoms with E-state index in [2.05, 4.69) is 57.6 Å². The average Bonchev–Trinajstić information content (AvgIpc) is 3.34. The summed E-state index contributed by atoms with van der Waals surface area (Å²) in [5.74, 6) is 0.585. The van der Waals surface area contributed by atoms with Crippen LogP contribution in [0.15, 0.2) is 120 Å². The smallest absolute Gasteiger partial charge is 0.271 e. The molecular weight excluding hydrogens is 470 g/mol. The van der Waals surface area contributed by atoms with Crippen molar-refractivity contribution in [3.8, 4) is 34.0 Å². The zero-order valence-corrected chi connectivity index (χ0v) is 21.5. The molecule has 1 amide bonds. The van der Waals surface area contributed by atoms with E-state index in [1.165, 1.54) is 0 Å². The summed E-state index contributed by atoms with van der Waals surface area (Å²) in [5.41, 5.74) is 10.2. The van der Waals surface area contributed by atoms with Gasteiger partial charge in [0.25, 0.3) is 5.91 Å². The number of rotatable bonds is 8. The van der Waals surface area contributed by atoms with Crippen LogP contribution in [0, 0.1) is 6.92 Å². The number of carbonyl (C=O) groups excluding carboxylic acids is 1. The van der Waals surface area contributed by atoms with Crippen LogP contribution in [0.2, 0.25) is 0 Å². The minimum absolute atomic E-state index is 0.241. The first-order valence-electron chi connectivity index (χ1n) is 12.6. The topological polar surface area (TPSA) is 55.6 Å². The molecule has 0 atom stereocenters. The van der Waals surface area contributed by atoms with Crippen molar-refractivity contribution in [1.82, 2.24) is 9.99 Å². The summed E-state index contributed by atoms with van der Waals surface area (Å²) in [6.07, 6.45) is 1.72. The Labute approximate surface area is 223 Å². The normalized spacial score (nSPS) is 11.0. The molecule has 0 saturated carbocycles. The molecule has 0 spiro atoms. The average molecular weight is 500 g/mol. The number of aromatic nitrogens is 1. The summed E-state index contributed by atoms with van der Waals surface area (Å²) >= 11 is 0. The van der Waals surface area contributed by atoms with E-state index in [0.29, 0.717) is 12.2 Å². The molecule has 5 nitrogen and oxygen atoms in total. The molecule has 4 aromatic carbocycles. The van der Waals surface area contributed by atoms with Gasteiger partial charge in [0.1, 0.15) is 5.75 Å². The molecule has 0 aliphatic rings. The zero-order valence-electron chi connectivity index (χ0n) is 21.5. The second-order valence-electron chi connectivity index (χ2n) is 8.84. The van der Waals surface area contributed by atoms with Crippen molar-refractivity contribution in [3.05, 3.63) is 132 Å². The van der Waals surface area contributed by atoms with Crippen molar-refractivity contribution >= 4 is 12.1 Å². The highest BCUT2D eigenvalue weighted by Gasteiger charge is 2.19.